The topological polar surface area (TPSA) is 74.6 Å². The summed E-state index contributed by atoms with van der Waals surface area (Å²) < 4.78 is 1.80. The summed E-state index contributed by atoms with van der Waals surface area (Å²) in [5.41, 5.74) is 2.64. The lowest BCUT2D eigenvalue weighted by molar-refractivity contribution is -0.127. The Morgan fingerprint density at radius 3 is 2.34 bits per heavy atom. The van der Waals surface area contributed by atoms with Crippen LogP contribution in [0.4, 0.5) is 11.4 Å². The van der Waals surface area contributed by atoms with Crippen LogP contribution in [0.15, 0.2) is 90.6 Å². The van der Waals surface area contributed by atoms with Gasteiger partial charge in [0.25, 0.3) is 11.8 Å². The predicted molar refractivity (Wildman–Crippen MR) is 154 cm³/mol. The van der Waals surface area contributed by atoms with Crippen LogP contribution in [0.2, 0.25) is 5.02 Å². The third-order valence-corrected chi connectivity index (χ3v) is 6.88. The second-order valence-corrected chi connectivity index (χ2v) is 9.45. The number of rotatable bonds is 6. The second kappa shape index (κ2) is 10.6. The van der Waals surface area contributed by atoms with Gasteiger partial charge in [-0.05, 0) is 67.7 Å². The molecule has 0 saturated carbocycles. The molecule has 0 atom stereocenters. The van der Waals surface area contributed by atoms with E-state index in [0.717, 1.165) is 10.9 Å². The molecule has 1 saturated heterocycles. The van der Waals surface area contributed by atoms with E-state index >= 15 is 0 Å². The van der Waals surface area contributed by atoms with Crippen LogP contribution in [0, 0.1) is 0 Å². The number of amides is 3. The van der Waals surface area contributed by atoms with Crippen molar-refractivity contribution in [3.63, 3.8) is 0 Å². The van der Waals surface area contributed by atoms with Crippen LogP contribution in [0.25, 0.3) is 17.0 Å². The Bertz CT molecular complexity index is 1600. The number of anilines is 2. The Hall–Kier alpha value is -4.27. The summed E-state index contributed by atoms with van der Waals surface area (Å²) in [4.78, 5) is 42.5. The fourth-order valence-corrected chi connectivity index (χ4v) is 4.95. The molecule has 2 heterocycles. The number of para-hydroxylation sites is 2. The molecule has 1 aromatic heterocycles. The first-order chi connectivity index (χ1) is 18.4. The molecule has 0 aliphatic carbocycles. The highest BCUT2D eigenvalue weighted by Crippen LogP contribution is 2.29. The molecule has 0 bridgehead atoms. The molecular formula is C29H23ClN4O3S. The van der Waals surface area contributed by atoms with Crippen LogP contribution >= 0.6 is 23.8 Å². The molecule has 7 nitrogen and oxygen atoms in total. The van der Waals surface area contributed by atoms with Gasteiger partial charge in [-0.2, -0.15) is 0 Å². The monoisotopic (exact) mass is 542 g/mol. The summed E-state index contributed by atoms with van der Waals surface area (Å²) in [5.74, 6) is -1.19. The van der Waals surface area contributed by atoms with Crippen molar-refractivity contribution in [3.8, 4) is 0 Å². The van der Waals surface area contributed by atoms with Gasteiger partial charge in [-0.25, -0.2) is 0 Å². The first kappa shape index (κ1) is 25.4. The number of nitrogens with one attached hydrogen (secondary N) is 1. The number of likely N-dealkylation sites (N-methyl/N-ethyl adjacent to an activating group) is 1. The van der Waals surface area contributed by atoms with Gasteiger partial charge in [-0.15, -0.1) is 0 Å². The maximum Gasteiger partial charge on any atom is 0.270 e. The van der Waals surface area contributed by atoms with E-state index in [1.165, 1.54) is 9.80 Å². The normalized spacial score (nSPS) is 15.0. The van der Waals surface area contributed by atoms with Gasteiger partial charge in [0.2, 0.25) is 5.91 Å². The minimum Gasteiger partial charge on any atom is -0.337 e. The van der Waals surface area contributed by atoms with Crippen LogP contribution in [-0.2, 0) is 20.9 Å². The molecule has 1 aliphatic rings. The minimum atomic E-state index is -0.523. The van der Waals surface area contributed by atoms with Crippen LogP contribution in [0.5, 0.6) is 0 Å². The maximum atomic E-state index is 13.6. The lowest BCUT2D eigenvalue weighted by atomic mass is 10.1. The molecule has 38 heavy (non-hydrogen) atoms. The number of hydrogen-bond acceptors (Lipinski definition) is 4. The molecule has 190 valence electrons. The number of hydrogen-bond donors (Lipinski definition) is 1. The number of benzene rings is 3. The van der Waals surface area contributed by atoms with Crippen LogP contribution in [0.1, 0.15) is 12.5 Å². The first-order valence-corrected chi connectivity index (χ1v) is 12.8. The summed E-state index contributed by atoms with van der Waals surface area (Å²) in [5, 5.41) is 4.33. The highest BCUT2D eigenvalue weighted by Gasteiger charge is 2.39. The van der Waals surface area contributed by atoms with Crippen molar-refractivity contribution in [2.24, 2.45) is 0 Å². The molecule has 0 spiro atoms. The molecule has 3 amide bonds. The smallest absolute Gasteiger partial charge is 0.270 e. The first-order valence-electron chi connectivity index (χ1n) is 12.0. The van der Waals surface area contributed by atoms with Crippen LogP contribution < -0.4 is 10.2 Å². The van der Waals surface area contributed by atoms with E-state index in [1.807, 2.05) is 54.6 Å². The zero-order chi connectivity index (χ0) is 26.8. The summed E-state index contributed by atoms with van der Waals surface area (Å²) in [6, 6.07) is 23.4. The van der Waals surface area contributed by atoms with Gasteiger partial charge in [0, 0.05) is 39.9 Å². The van der Waals surface area contributed by atoms with Gasteiger partial charge >= 0.3 is 0 Å². The van der Waals surface area contributed by atoms with Gasteiger partial charge in [0.1, 0.15) is 12.1 Å². The van der Waals surface area contributed by atoms with E-state index in [-0.39, 0.29) is 23.1 Å². The number of carbonyl (C=O) groups is 3. The van der Waals surface area contributed by atoms with Crippen molar-refractivity contribution in [3.05, 3.63) is 101 Å². The van der Waals surface area contributed by atoms with Gasteiger partial charge in [0.15, 0.2) is 5.11 Å². The van der Waals surface area contributed by atoms with Crippen molar-refractivity contribution >= 4 is 75.0 Å². The average Bonchev–Trinajstić information content (AvgIpc) is 3.25. The zero-order valence-electron chi connectivity index (χ0n) is 20.4. The molecule has 5 rings (SSSR count). The van der Waals surface area contributed by atoms with Crippen LogP contribution in [0.3, 0.4) is 0 Å². The van der Waals surface area contributed by atoms with Crippen molar-refractivity contribution in [2.45, 2.75) is 13.5 Å². The lowest BCUT2D eigenvalue weighted by Gasteiger charge is -2.36. The molecule has 4 aromatic rings. The van der Waals surface area contributed by atoms with Gasteiger partial charge in [-0.3, -0.25) is 24.2 Å². The maximum absolute atomic E-state index is 13.6. The lowest BCUT2D eigenvalue weighted by Crippen LogP contribution is -2.56. The molecule has 1 fully saturated rings. The molecule has 9 heteroatoms. The number of halogens is 1. The molecule has 3 aromatic carbocycles. The fourth-order valence-electron chi connectivity index (χ4n) is 4.43. The Labute approximate surface area is 229 Å². The fraction of sp³-hybridized carbons (Fsp3) is 0.103. The number of nitrogens with zero attached hydrogens (tertiary/aromatic N) is 3. The predicted octanol–water partition coefficient (Wildman–Crippen LogP) is 5.50. The number of aromatic nitrogens is 1. The SMILES string of the molecule is CCN1C(=O)/C(=C\c2cn(CC(=O)Nc3ccccc3)c3ccccc23)C(=O)N(c2ccc(Cl)cc2)C1=S. The quantitative estimate of drug-likeness (QED) is 0.198. The highest BCUT2D eigenvalue weighted by molar-refractivity contribution is 7.80. The largest absolute Gasteiger partial charge is 0.337 e. The van der Waals surface area contributed by atoms with E-state index in [1.54, 1.807) is 48.0 Å². The third-order valence-electron chi connectivity index (χ3n) is 6.22. The summed E-state index contributed by atoms with van der Waals surface area (Å²) >= 11 is 11.6. The van der Waals surface area contributed by atoms with Crippen molar-refractivity contribution in [2.75, 3.05) is 16.8 Å². The Morgan fingerprint density at radius 2 is 1.63 bits per heavy atom. The molecule has 1 aliphatic heterocycles. The van der Waals surface area contributed by atoms with E-state index in [0.29, 0.717) is 28.5 Å². The summed E-state index contributed by atoms with van der Waals surface area (Å²) in [6.07, 6.45) is 3.35. The molecule has 0 radical (unpaired) electrons. The van der Waals surface area contributed by atoms with E-state index in [4.69, 9.17) is 23.8 Å². The Kier molecular flexibility index (Phi) is 7.09. The van der Waals surface area contributed by atoms with Crippen LogP contribution in [-0.4, -0.2) is 38.8 Å². The molecule has 0 unspecified atom stereocenters. The second-order valence-electron chi connectivity index (χ2n) is 8.65. The van der Waals surface area contributed by atoms with Gasteiger partial charge in [-0.1, -0.05) is 48.0 Å². The standard InChI is InChI=1S/C29H23ClN4O3S/c1-2-33-27(36)24(28(37)34(29(33)38)22-14-12-20(30)13-15-22)16-19-17-32(25-11-7-6-10-23(19)25)18-26(35)31-21-8-4-3-5-9-21/h3-17H,2,18H2,1H3,(H,31,35)/b24-16+. The Morgan fingerprint density at radius 1 is 0.947 bits per heavy atom. The third kappa shape index (κ3) is 4.83. The summed E-state index contributed by atoms with van der Waals surface area (Å²) in [6.45, 7) is 2.16. The minimum absolute atomic E-state index is 0.0213. The van der Waals surface area contributed by atoms with E-state index in [9.17, 15) is 14.4 Å². The average molecular weight is 543 g/mol. The van der Waals surface area contributed by atoms with Crippen molar-refractivity contribution in [1.82, 2.24) is 9.47 Å². The molecule has 1 N–H and O–H groups in total. The number of fused-ring (bicyclic) bond motifs is 1. The highest BCUT2D eigenvalue weighted by atomic mass is 35.5. The van der Waals surface area contributed by atoms with E-state index < -0.39 is 11.8 Å². The molecular weight excluding hydrogens is 520 g/mol. The van der Waals surface area contributed by atoms with Gasteiger partial charge in [0.05, 0.1) is 5.69 Å². The Balaban J connectivity index is 1.53. The van der Waals surface area contributed by atoms with Gasteiger partial charge < -0.3 is 9.88 Å². The van der Waals surface area contributed by atoms with Crippen molar-refractivity contribution in [1.29, 1.82) is 0 Å². The summed E-state index contributed by atoms with van der Waals surface area (Å²) in [7, 11) is 0. The number of thiocarbonyl (C=S) groups is 1. The van der Waals surface area contributed by atoms with E-state index in [2.05, 4.69) is 5.32 Å². The number of carbonyl (C=O) groups excluding carboxylic acids is 3. The van der Waals surface area contributed by atoms with Crippen molar-refractivity contribution < 1.29 is 14.4 Å². The zero-order valence-corrected chi connectivity index (χ0v) is 22.0.